The molecule has 3 rings (SSSR count). The van der Waals surface area contributed by atoms with Crippen LogP contribution in [0.2, 0.25) is 0 Å². The number of sulfonamides is 1. The van der Waals surface area contributed by atoms with Crippen molar-refractivity contribution < 1.29 is 17.9 Å². The third kappa shape index (κ3) is 4.86. The van der Waals surface area contributed by atoms with E-state index < -0.39 is 10.0 Å². The highest BCUT2D eigenvalue weighted by Gasteiger charge is 2.35. The molecule has 8 nitrogen and oxygen atoms in total. The topological polar surface area (TPSA) is 101 Å². The quantitative estimate of drug-likeness (QED) is 0.737. The normalized spacial score (nSPS) is 17.4. The first kappa shape index (κ1) is 20.2. The molecule has 2 aromatic rings. The molecule has 0 spiro atoms. The molecule has 1 fully saturated rings. The largest absolute Gasteiger partial charge is 0.383 e. The van der Waals surface area contributed by atoms with Crippen LogP contribution in [0.3, 0.4) is 0 Å². The van der Waals surface area contributed by atoms with Crippen LogP contribution >= 0.6 is 0 Å². The molecule has 0 saturated carbocycles. The highest BCUT2D eigenvalue weighted by atomic mass is 32.2. The Kier molecular flexibility index (Phi) is 6.61. The molecule has 2 amide bonds. The zero-order chi connectivity index (χ0) is 20.0. The minimum absolute atomic E-state index is 0.133. The average molecular weight is 404 g/mol. The Morgan fingerprint density at radius 1 is 1.29 bits per heavy atom. The fourth-order valence-electron chi connectivity index (χ4n) is 3.19. The van der Waals surface area contributed by atoms with E-state index in [1.165, 1.54) is 16.4 Å². The van der Waals surface area contributed by atoms with Gasteiger partial charge in [-0.05, 0) is 48.7 Å². The lowest BCUT2D eigenvalue weighted by atomic mass is 10.2. The molecule has 1 saturated heterocycles. The summed E-state index contributed by atoms with van der Waals surface area (Å²) in [6, 6.07) is 9.33. The van der Waals surface area contributed by atoms with Crippen LogP contribution in [0, 0.1) is 0 Å². The molecule has 1 aromatic heterocycles. The second kappa shape index (κ2) is 9.13. The van der Waals surface area contributed by atoms with Gasteiger partial charge in [-0.2, -0.15) is 4.31 Å². The second-order valence-electron chi connectivity index (χ2n) is 6.56. The zero-order valence-electron chi connectivity index (χ0n) is 15.7. The van der Waals surface area contributed by atoms with Gasteiger partial charge in [0.25, 0.3) is 0 Å². The minimum atomic E-state index is -3.58. The summed E-state index contributed by atoms with van der Waals surface area (Å²) in [4.78, 5) is 16.2. The first-order chi connectivity index (χ1) is 13.5. The number of amides is 2. The molecule has 1 aliphatic heterocycles. The number of ether oxygens (including phenoxy) is 1. The molecule has 1 aliphatic rings. The van der Waals surface area contributed by atoms with Crippen LogP contribution in [-0.4, -0.2) is 50.0 Å². The van der Waals surface area contributed by atoms with Crippen LogP contribution in [0.1, 0.15) is 18.4 Å². The van der Waals surface area contributed by atoms with E-state index in [2.05, 4.69) is 15.6 Å². The third-order valence-corrected chi connectivity index (χ3v) is 6.54. The van der Waals surface area contributed by atoms with Crippen molar-refractivity contribution in [1.29, 1.82) is 0 Å². The molecule has 28 heavy (non-hydrogen) atoms. The zero-order valence-corrected chi connectivity index (χ0v) is 16.5. The number of methoxy groups -OCH3 is 1. The maximum Gasteiger partial charge on any atom is 0.319 e. The number of carbonyl (C=O) groups excluding carboxylic acids is 1. The Morgan fingerprint density at radius 3 is 2.75 bits per heavy atom. The van der Waals surface area contributed by atoms with Crippen LogP contribution in [-0.2, 0) is 21.3 Å². The van der Waals surface area contributed by atoms with E-state index in [9.17, 15) is 13.2 Å². The Balaban J connectivity index is 1.60. The summed E-state index contributed by atoms with van der Waals surface area (Å²) < 4.78 is 32.4. The van der Waals surface area contributed by atoms with Gasteiger partial charge in [-0.1, -0.05) is 6.07 Å². The molecule has 0 unspecified atom stereocenters. The Labute approximate surface area is 165 Å². The van der Waals surface area contributed by atoms with Crippen molar-refractivity contribution in [2.45, 2.75) is 30.3 Å². The number of pyridine rings is 1. The van der Waals surface area contributed by atoms with Gasteiger partial charge in [-0.3, -0.25) is 4.98 Å². The van der Waals surface area contributed by atoms with Gasteiger partial charge in [-0.25, -0.2) is 13.2 Å². The summed E-state index contributed by atoms with van der Waals surface area (Å²) in [5.41, 5.74) is 1.40. The Hall–Kier alpha value is -2.49. The van der Waals surface area contributed by atoms with Gasteiger partial charge in [0.05, 0.1) is 11.5 Å². The van der Waals surface area contributed by atoms with E-state index in [0.717, 1.165) is 18.4 Å². The molecule has 2 N–H and O–H groups in total. The van der Waals surface area contributed by atoms with Crippen LogP contribution < -0.4 is 10.6 Å². The maximum absolute atomic E-state index is 12.9. The Morgan fingerprint density at radius 2 is 2.07 bits per heavy atom. The van der Waals surface area contributed by atoms with Crippen molar-refractivity contribution in [3.8, 4) is 0 Å². The van der Waals surface area contributed by atoms with Gasteiger partial charge >= 0.3 is 6.03 Å². The van der Waals surface area contributed by atoms with E-state index in [1.54, 1.807) is 37.7 Å². The molecule has 0 bridgehead atoms. The molecule has 150 valence electrons. The predicted molar refractivity (Wildman–Crippen MR) is 105 cm³/mol. The smallest absolute Gasteiger partial charge is 0.319 e. The van der Waals surface area contributed by atoms with Crippen molar-refractivity contribution in [1.82, 2.24) is 14.6 Å². The number of nitrogens with zero attached hydrogens (tertiary/aromatic N) is 2. The maximum atomic E-state index is 12.9. The summed E-state index contributed by atoms with van der Waals surface area (Å²) >= 11 is 0. The van der Waals surface area contributed by atoms with Crippen molar-refractivity contribution in [3.63, 3.8) is 0 Å². The monoisotopic (exact) mass is 404 g/mol. The summed E-state index contributed by atoms with van der Waals surface area (Å²) in [5.74, 6) is 0. The number of anilines is 1. The van der Waals surface area contributed by atoms with Crippen molar-refractivity contribution in [2.75, 3.05) is 25.6 Å². The van der Waals surface area contributed by atoms with E-state index in [-0.39, 0.29) is 17.0 Å². The van der Waals surface area contributed by atoms with Gasteiger partial charge in [0.2, 0.25) is 10.0 Å². The summed E-state index contributed by atoms with van der Waals surface area (Å²) in [5, 5.41) is 5.42. The number of hydrogen-bond donors (Lipinski definition) is 2. The SMILES string of the molecule is COC[C@H]1CCCN1S(=O)(=O)c1ccc(NC(=O)NCc2cccnc2)cc1. The van der Waals surface area contributed by atoms with Gasteiger partial charge < -0.3 is 15.4 Å². The number of hydrogen-bond acceptors (Lipinski definition) is 5. The highest BCUT2D eigenvalue weighted by molar-refractivity contribution is 7.89. The lowest BCUT2D eigenvalue weighted by Gasteiger charge is -2.23. The lowest BCUT2D eigenvalue weighted by Crippen LogP contribution is -2.38. The average Bonchev–Trinajstić information content (AvgIpc) is 3.17. The van der Waals surface area contributed by atoms with Crippen molar-refractivity contribution >= 4 is 21.7 Å². The molecular weight excluding hydrogens is 380 g/mol. The predicted octanol–water partition coefficient (Wildman–Crippen LogP) is 2.20. The summed E-state index contributed by atoms with van der Waals surface area (Å²) in [7, 11) is -2.01. The van der Waals surface area contributed by atoms with Gasteiger partial charge in [0.15, 0.2) is 0 Å². The van der Waals surface area contributed by atoms with Crippen LogP contribution in [0.25, 0.3) is 0 Å². The highest BCUT2D eigenvalue weighted by Crippen LogP contribution is 2.27. The van der Waals surface area contributed by atoms with E-state index in [0.29, 0.717) is 25.4 Å². The van der Waals surface area contributed by atoms with Crippen LogP contribution in [0.15, 0.2) is 53.7 Å². The number of benzene rings is 1. The molecule has 9 heteroatoms. The number of urea groups is 1. The van der Waals surface area contributed by atoms with Crippen LogP contribution in [0.4, 0.5) is 10.5 Å². The second-order valence-corrected chi connectivity index (χ2v) is 8.45. The molecule has 0 radical (unpaired) electrons. The molecule has 1 atom stereocenters. The van der Waals surface area contributed by atoms with Crippen LogP contribution in [0.5, 0.6) is 0 Å². The number of rotatable bonds is 7. The van der Waals surface area contributed by atoms with E-state index in [1.807, 2.05) is 6.07 Å². The van der Waals surface area contributed by atoms with E-state index in [4.69, 9.17) is 4.74 Å². The van der Waals surface area contributed by atoms with Gasteiger partial charge in [0, 0.05) is 44.3 Å². The van der Waals surface area contributed by atoms with Gasteiger partial charge in [0.1, 0.15) is 0 Å². The number of nitrogens with one attached hydrogen (secondary N) is 2. The standard InChI is InChI=1S/C19H24N4O4S/c1-27-14-17-5-3-11-23(17)28(25,26)18-8-6-16(7-9-18)22-19(24)21-13-15-4-2-10-20-12-15/h2,4,6-10,12,17H,3,5,11,13-14H2,1H3,(H2,21,22,24)/t17-/m1/s1. The fourth-order valence-corrected chi connectivity index (χ4v) is 4.87. The van der Waals surface area contributed by atoms with Crippen molar-refractivity contribution in [3.05, 3.63) is 54.4 Å². The minimum Gasteiger partial charge on any atom is -0.383 e. The lowest BCUT2D eigenvalue weighted by molar-refractivity contribution is 0.149. The van der Waals surface area contributed by atoms with Crippen molar-refractivity contribution in [2.24, 2.45) is 0 Å². The summed E-state index contributed by atoms with van der Waals surface area (Å²) in [6.07, 6.45) is 4.96. The molecule has 1 aromatic carbocycles. The summed E-state index contributed by atoms with van der Waals surface area (Å²) in [6.45, 7) is 1.23. The van der Waals surface area contributed by atoms with Gasteiger partial charge in [-0.15, -0.1) is 0 Å². The third-order valence-electron chi connectivity index (χ3n) is 4.58. The molecular formula is C19H24N4O4S. The Bertz CT molecular complexity index is 888. The molecule has 0 aliphatic carbocycles. The first-order valence-corrected chi connectivity index (χ1v) is 10.5. The fraction of sp³-hybridized carbons (Fsp3) is 0.368. The van der Waals surface area contributed by atoms with E-state index >= 15 is 0 Å². The first-order valence-electron chi connectivity index (χ1n) is 9.05. The number of aromatic nitrogens is 1. The number of carbonyl (C=O) groups is 1. The molecule has 2 heterocycles.